The maximum absolute atomic E-state index is 11.5. The molecule has 3 atom stereocenters. The third-order valence-corrected chi connectivity index (χ3v) is 3.69. The lowest BCUT2D eigenvalue weighted by Gasteiger charge is -2.26. The van der Waals surface area contributed by atoms with E-state index < -0.39 is 17.9 Å². The van der Waals surface area contributed by atoms with E-state index in [4.69, 9.17) is 9.84 Å². The van der Waals surface area contributed by atoms with E-state index in [1.54, 1.807) is 0 Å². The predicted molar refractivity (Wildman–Crippen MR) is 58.3 cm³/mol. The van der Waals surface area contributed by atoms with Crippen LogP contribution in [0.2, 0.25) is 0 Å². The van der Waals surface area contributed by atoms with Crippen molar-refractivity contribution in [1.82, 2.24) is 0 Å². The van der Waals surface area contributed by atoms with E-state index in [9.17, 15) is 9.59 Å². The number of hydrogen-bond donors (Lipinski definition) is 1. The third kappa shape index (κ3) is 1.52. The number of hydrogen-bond acceptors (Lipinski definition) is 3. The molecule has 4 nitrogen and oxygen atoms in total. The smallest absolute Gasteiger partial charge is 0.321 e. The van der Waals surface area contributed by atoms with Gasteiger partial charge in [-0.05, 0) is 17.5 Å². The van der Waals surface area contributed by atoms with Gasteiger partial charge < -0.3 is 9.84 Å². The molecule has 2 aliphatic rings. The van der Waals surface area contributed by atoms with Crippen LogP contribution in [-0.4, -0.2) is 23.1 Å². The maximum atomic E-state index is 11.5. The minimum atomic E-state index is -1.07. The number of esters is 1. The number of carbonyl (C=O) groups excluding carboxylic acids is 1. The van der Waals surface area contributed by atoms with Crippen LogP contribution < -0.4 is 0 Å². The van der Waals surface area contributed by atoms with Gasteiger partial charge in [0, 0.05) is 12.3 Å². The van der Waals surface area contributed by atoms with Gasteiger partial charge in [-0.15, -0.1) is 0 Å². The summed E-state index contributed by atoms with van der Waals surface area (Å²) in [7, 11) is 0. The molecule has 4 heteroatoms. The molecule has 1 saturated heterocycles. The molecule has 0 bridgehead atoms. The number of fused-ring (bicyclic) bond motifs is 2. The fourth-order valence-electron chi connectivity index (χ4n) is 2.85. The average Bonchev–Trinajstić information content (AvgIpc) is 2.60. The lowest BCUT2D eigenvalue weighted by Crippen LogP contribution is -2.33. The van der Waals surface area contributed by atoms with Crippen LogP contribution in [0.15, 0.2) is 24.3 Å². The van der Waals surface area contributed by atoms with Gasteiger partial charge in [0.05, 0.1) is 0 Å². The van der Waals surface area contributed by atoms with Crippen LogP contribution in [0.1, 0.15) is 11.1 Å². The van der Waals surface area contributed by atoms with Gasteiger partial charge in [0.25, 0.3) is 0 Å². The van der Waals surface area contributed by atoms with Crippen molar-refractivity contribution in [2.24, 2.45) is 11.8 Å². The van der Waals surface area contributed by atoms with Gasteiger partial charge in [0.1, 0.15) is 6.10 Å². The molecule has 17 heavy (non-hydrogen) atoms. The predicted octanol–water partition coefficient (Wildman–Crippen LogP) is 1.03. The zero-order valence-electron chi connectivity index (χ0n) is 9.13. The van der Waals surface area contributed by atoms with Crippen molar-refractivity contribution in [2.75, 3.05) is 0 Å². The van der Waals surface area contributed by atoms with E-state index in [1.165, 1.54) is 0 Å². The monoisotopic (exact) mass is 232 g/mol. The Labute approximate surface area is 98.2 Å². The fourth-order valence-corrected chi connectivity index (χ4v) is 2.85. The number of carbonyl (C=O) groups is 2. The first-order valence-corrected chi connectivity index (χ1v) is 5.67. The van der Waals surface area contributed by atoms with Crippen molar-refractivity contribution in [3.8, 4) is 0 Å². The van der Waals surface area contributed by atoms with Crippen molar-refractivity contribution in [3.63, 3.8) is 0 Å². The summed E-state index contributed by atoms with van der Waals surface area (Å²) in [5.41, 5.74) is 2.30. The highest BCUT2D eigenvalue weighted by molar-refractivity contribution is 5.96. The quantitative estimate of drug-likeness (QED) is 0.580. The molecule has 0 radical (unpaired) electrons. The zero-order valence-corrected chi connectivity index (χ0v) is 9.13. The first kappa shape index (κ1) is 10.3. The maximum Gasteiger partial charge on any atom is 0.321 e. The highest BCUT2D eigenvalue weighted by Gasteiger charge is 2.50. The van der Waals surface area contributed by atoms with Crippen LogP contribution in [0.4, 0.5) is 0 Å². The average molecular weight is 232 g/mol. The van der Waals surface area contributed by atoms with Crippen molar-refractivity contribution < 1.29 is 19.4 Å². The van der Waals surface area contributed by atoms with Crippen molar-refractivity contribution >= 4 is 11.9 Å². The van der Waals surface area contributed by atoms with Crippen molar-refractivity contribution in [2.45, 2.75) is 18.9 Å². The summed E-state index contributed by atoms with van der Waals surface area (Å²) in [6, 6.07) is 7.89. The number of carboxylic acid groups (broad SMARTS) is 1. The Hall–Kier alpha value is -1.84. The summed E-state index contributed by atoms with van der Waals surface area (Å²) in [5, 5.41) is 9.07. The van der Waals surface area contributed by atoms with E-state index in [-0.39, 0.29) is 12.0 Å². The van der Waals surface area contributed by atoms with E-state index >= 15 is 0 Å². The highest BCUT2D eigenvalue weighted by atomic mass is 16.6. The SMILES string of the molecule is O=C(O)C1C(=O)OC2Cc3ccccc3CC21. The van der Waals surface area contributed by atoms with E-state index in [2.05, 4.69) is 0 Å². The minimum absolute atomic E-state index is 0.213. The van der Waals surface area contributed by atoms with Gasteiger partial charge >= 0.3 is 11.9 Å². The van der Waals surface area contributed by atoms with E-state index in [1.807, 2.05) is 24.3 Å². The Morgan fingerprint density at radius 2 is 1.88 bits per heavy atom. The van der Waals surface area contributed by atoms with Crippen LogP contribution in [0, 0.1) is 11.8 Å². The van der Waals surface area contributed by atoms with E-state index in [0.29, 0.717) is 12.8 Å². The van der Waals surface area contributed by atoms with Crippen LogP contribution in [0.25, 0.3) is 0 Å². The lowest BCUT2D eigenvalue weighted by molar-refractivity contribution is -0.153. The lowest BCUT2D eigenvalue weighted by atomic mass is 9.77. The van der Waals surface area contributed by atoms with Crippen LogP contribution in [0.5, 0.6) is 0 Å². The summed E-state index contributed by atoms with van der Waals surface area (Å²) < 4.78 is 5.18. The zero-order chi connectivity index (χ0) is 12.0. The molecule has 1 aromatic carbocycles. The van der Waals surface area contributed by atoms with E-state index in [0.717, 1.165) is 11.1 Å². The number of ether oxygens (including phenoxy) is 1. The molecule has 1 aliphatic carbocycles. The molecule has 1 aliphatic heterocycles. The number of benzene rings is 1. The second-order valence-electron chi connectivity index (χ2n) is 4.63. The summed E-state index contributed by atoms with van der Waals surface area (Å²) in [5.74, 6) is -2.86. The van der Waals surface area contributed by atoms with Gasteiger partial charge in [-0.25, -0.2) is 0 Å². The molecule has 1 N–H and O–H groups in total. The van der Waals surface area contributed by atoms with Crippen LogP contribution >= 0.6 is 0 Å². The molecule has 88 valence electrons. The van der Waals surface area contributed by atoms with Gasteiger partial charge in [-0.1, -0.05) is 24.3 Å². The molecular weight excluding hydrogens is 220 g/mol. The fraction of sp³-hybridized carbons (Fsp3) is 0.385. The Kier molecular flexibility index (Phi) is 2.18. The Balaban J connectivity index is 1.96. The van der Waals surface area contributed by atoms with Crippen LogP contribution in [0.3, 0.4) is 0 Å². The summed E-state index contributed by atoms with van der Waals surface area (Å²) in [6.45, 7) is 0. The molecule has 1 aromatic rings. The number of aliphatic carboxylic acids is 1. The standard InChI is InChI=1S/C13H12O4/c14-12(15)11-9-5-7-3-1-2-4-8(7)6-10(9)17-13(11)16/h1-4,9-11H,5-6H2,(H,14,15). The molecule has 1 fully saturated rings. The summed E-state index contributed by atoms with van der Waals surface area (Å²) >= 11 is 0. The molecule has 0 spiro atoms. The number of rotatable bonds is 1. The van der Waals surface area contributed by atoms with Gasteiger partial charge in [-0.2, -0.15) is 0 Å². The normalized spacial score (nSPS) is 30.4. The van der Waals surface area contributed by atoms with Crippen molar-refractivity contribution in [3.05, 3.63) is 35.4 Å². The first-order valence-electron chi connectivity index (χ1n) is 5.67. The molecule has 0 amide bonds. The largest absolute Gasteiger partial charge is 0.481 e. The Morgan fingerprint density at radius 3 is 2.53 bits per heavy atom. The molecule has 0 saturated carbocycles. The Bertz CT molecular complexity index is 494. The minimum Gasteiger partial charge on any atom is -0.481 e. The molecule has 3 rings (SSSR count). The summed E-state index contributed by atoms with van der Waals surface area (Å²) in [6.07, 6.45) is 0.985. The third-order valence-electron chi connectivity index (χ3n) is 3.69. The first-order chi connectivity index (χ1) is 8.16. The second-order valence-corrected chi connectivity index (χ2v) is 4.63. The summed E-state index contributed by atoms with van der Waals surface area (Å²) in [4.78, 5) is 22.6. The van der Waals surface area contributed by atoms with Gasteiger partial charge in [-0.3, -0.25) is 9.59 Å². The van der Waals surface area contributed by atoms with Crippen molar-refractivity contribution in [1.29, 1.82) is 0 Å². The molecule has 3 unspecified atom stereocenters. The molecule has 0 aromatic heterocycles. The molecular formula is C13H12O4. The number of carboxylic acids is 1. The molecule has 1 heterocycles. The Morgan fingerprint density at radius 1 is 1.24 bits per heavy atom. The van der Waals surface area contributed by atoms with Gasteiger partial charge in [0.15, 0.2) is 5.92 Å². The topological polar surface area (TPSA) is 63.6 Å². The second kappa shape index (κ2) is 3.58. The van der Waals surface area contributed by atoms with Gasteiger partial charge in [0.2, 0.25) is 0 Å². The highest BCUT2D eigenvalue weighted by Crippen LogP contribution is 2.38. The van der Waals surface area contributed by atoms with Crippen LogP contribution in [-0.2, 0) is 27.2 Å².